The fourth-order valence-electron chi connectivity index (χ4n) is 1.42. The van der Waals surface area contributed by atoms with Crippen molar-refractivity contribution in [3.05, 3.63) is 54.0 Å². The molecule has 0 aliphatic heterocycles. The number of pyridine rings is 1. The highest BCUT2D eigenvalue weighted by molar-refractivity contribution is 5.30. The van der Waals surface area contributed by atoms with E-state index in [0.29, 0.717) is 11.6 Å². The van der Waals surface area contributed by atoms with Crippen LogP contribution in [0.4, 0.5) is 4.39 Å². The molecular formula is C13H13FN2O. The van der Waals surface area contributed by atoms with Crippen LogP contribution in [0.25, 0.3) is 0 Å². The van der Waals surface area contributed by atoms with E-state index >= 15 is 0 Å². The average molecular weight is 232 g/mol. The predicted molar refractivity (Wildman–Crippen MR) is 63.3 cm³/mol. The van der Waals surface area contributed by atoms with Crippen molar-refractivity contribution < 1.29 is 9.13 Å². The molecule has 2 rings (SSSR count). The van der Waals surface area contributed by atoms with Gasteiger partial charge >= 0.3 is 0 Å². The number of rotatable bonds is 3. The maximum atomic E-state index is 13.0. The van der Waals surface area contributed by atoms with Crippen molar-refractivity contribution in [2.75, 3.05) is 0 Å². The quantitative estimate of drug-likeness (QED) is 0.884. The number of benzene rings is 1. The zero-order chi connectivity index (χ0) is 12.3. The normalized spacial score (nSPS) is 12.2. The Balaban J connectivity index is 2.21. The molecular weight excluding hydrogens is 219 g/mol. The van der Waals surface area contributed by atoms with Crippen molar-refractivity contribution >= 4 is 0 Å². The summed E-state index contributed by atoms with van der Waals surface area (Å²) in [7, 11) is 0. The van der Waals surface area contributed by atoms with Gasteiger partial charge in [-0.05, 0) is 30.7 Å². The maximum absolute atomic E-state index is 13.0. The molecule has 2 N–H and O–H groups in total. The van der Waals surface area contributed by atoms with Crippen LogP contribution in [-0.2, 0) is 0 Å². The lowest BCUT2D eigenvalue weighted by atomic mass is 10.1. The molecule has 0 bridgehead atoms. The molecule has 0 fully saturated rings. The zero-order valence-corrected chi connectivity index (χ0v) is 9.43. The smallest absolute Gasteiger partial charge is 0.219 e. The van der Waals surface area contributed by atoms with Crippen molar-refractivity contribution in [1.29, 1.82) is 0 Å². The lowest BCUT2D eigenvalue weighted by molar-refractivity contribution is 0.457. The Morgan fingerprint density at radius 2 is 2.12 bits per heavy atom. The number of nitrogens with zero attached hydrogens (tertiary/aromatic N) is 1. The highest BCUT2D eigenvalue weighted by Crippen LogP contribution is 2.22. The molecule has 0 aliphatic rings. The van der Waals surface area contributed by atoms with Gasteiger partial charge < -0.3 is 10.5 Å². The van der Waals surface area contributed by atoms with Gasteiger partial charge in [0.2, 0.25) is 5.88 Å². The number of hydrogen-bond acceptors (Lipinski definition) is 3. The third-order valence-corrected chi connectivity index (χ3v) is 2.30. The molecule has 88 valence electrons. The van der Waals surface area contributed by atoms with Gasteiger partial charge in [-0.25, -0.2) is 9.37 Å². The third kappa shape index (κ3) is 3.01. The lowest BCUT2D eigenvalue weighted by Crippen LogP contribution is -2.05. The molecule has 0 saturated heterocycles. The predicted octanol–water partition coefficient (Wildman–Crippen LogP) is 3.03. The van der Waals surface area contributed by atoms with Gasteiger partial charge in [-0.2, -0.15) is 0 Å². The molecule has 0 aliphatic carbocycles. The van der Waals surface area contributed by atoms with Gasteiger partial charge in [0.05, 0.1) is 0 Å². The monoisotopic (exact) mass is 232 g/mol. The second-order valence-electron chi connectivity index (χ2n) is 3.78. The van der Waals surface area contributed by atoms with Crippen LogP contribution >= 0.6 is 0 Å². The van der Waals surface area contributed by atoms with Gasteiger partial charge in [-0.1, -0.05) is 6.07 Å². The van der Waals surface area contributed by atoms with Crippen LogP contribution in [0, 0.1) is 5.82 Å². The minimum atomic E-state index is -0.342. The molecule has 1 aromatic carbocycles. The summed E-state index contributed by atoms with van der Waals surface area (Å²) in [6.07, 6.45) is 1.62. The Kier molecular flexibility index (Phi) is 3.35. The topological polar surface area (TPSA) is 48.1 Å². The Hall–Kier alpha value is -1.94. The van der Waals surface area contributed by atoms with E-state index in [1.165, 1.54) is 12.1 Å². The fraction of sp³-hybridized carbons (Fsp3) is 0.154. The summed E-state index contributed by atoms with van der Waals surface area (Å²) in [5.74, 6) is 0.482. The van der Waals surface area contributed by atoms with E-state index in [9.17, 15) is 4.39 Å². The Bertz CT molecular complexity index is 514. The van der Waals surface area contributed by atoms with E-state index in [2.05, 4.69) is 4.98 Å². The minimum Gasteiger partial charge on any atom is -0.439 e. The van der Waals surface area contributed by atoms with Crippen molar-refractivity contribution in [3.8, 4) is 11.6 Å². The van der Waals surface area contributed by atoms with Gasteiger partial charge in [0.1, 0.15) is 11.6 Å². The van der Waals surface area contributed by atoms with Crippen LogP contribution in [0.15, 0.2) is 42.6 Å². The highest BCUT2D eigenvalue weighted by atomic mass is 19.1. The second kappa shape index (κ2) is 4.93. The number of nitrogens with two attached hydrogens (primary N) is 1. The highest BCUT2D eigenvalue weighted by Gasteiger charge is 2.04. The first kappa shape index (κ1) is 11.5. The van der Waals surface area contributed by atoms with E-state index in [4.69, 9.17) is 10.5 Å². The maximum Gasteiger partial charge on any atom is 0.219 e. The summed E-state index contributed by atoms with van der Waals surface area (Å²) in [6.45, 7) is 1.88. The van der Waals surface area contributed by atoms with Crippen molar-refractivity contribution in [2.45, 2.75) is 13.0 Å². The number of ether oxygens (including phenoxy) is 1. The molecule has 0 spiro atoms. The molecule has 0 radical (unpaired) electrons. The van der Waals surface area contributed by atoms with Crippen LogP contribution in [0.2, 0.25) is 0 Å². The Labute approximate surface area is 99.1 Å². The molecule has 0 unspecified atom stereocenters. The van der Waals surface area contributed by atoms with Gasteiger partial charge in [-0.15, -0.1) is 0 Å². The Morgan fingerprint density at radius 3 is 2.82 bits per heavy atom. The summed E-state index contributed by atoms with van der Waals surface area (Å²) in [4.78, 5) is 4.05. The van der Waals surface area contributed by atoms with Crippen molar-refractivity contribution in [3.63, 3.8) is 0 Å². The first-order valence-corrected chi connectivity index (χ1v) is 5.30. The molecule has 0 amide bonds. The van der Waals surface area contributed by atoms with Gasteiger partial charge in [0.15, 0.2) is 0 Å². The summed E-state index contributed by atoms with van der Waals surface area (Å²) in [6, 6.07) is 9.40. The van der Waals surface area contributed by atoms with E-state index in [0.717, 1.165) is 5.56 Å². The first-order chi connectivity index (χ1) is 8.15. The molecule has 3 nitrogen and oxygen atoms in total. The molecule has 1 atom stereocenters. The van der Waals surface area contributed by atoms with E-state index in [1.54, 1.807) is 24.4 Å². The SMILES string of the molecule is C[C@@H](N)c1ccnc(Oc2cccc(F)c2)c1. The minimum absolute atomic E-state index is 0.0899. The van der Waals surface area contributed by atoms with Crippen LogP contribution in [0.3, 0.4) is 0 Å². The van der Waals surface area contributed by atoms with Gasteiger partial charge in [-0.3, -0.25) is 0 Å². The number of aromatic nitrogens is 1. The van der Waals surface area contributed by atoms with E-state index < -0.39 is 0 Å². The van der Waals surface area contributed by atoms with Crippen LogP contribution in [-0.4, -0.2) is 4.98 Å². The molecule has 4 heteroatoms. The van der Waals surface area contributed by atoms with Crippen LogP contribution in [0.5, 0.6) is 11.6 Å². The average Bonchev–Trinajstić information content (AvgIpc) is 2.29. The molecule has 1 heterocycles. The number of hydrogen-bond donors (Lipinski definition) is 1. The van der Waals surface area contributed by atoms with Crippen LogP contribution in [0.1, 0.15) is 18.5 Å². The third-order valence-electron chi connectivity index (χ3n) is 2.30. The molecule has 0 saturated carbocycles. The molecule has 2 aromatic rings. The Morgan fingerprint density at radius 1 is 1.29 bits per heavy atom. The standard InChI is InChI=1S/C13H13FN2O/c1-9(15)10-5-6-16-13(7-10)17-12-4-2-3-11(14)8-12/h2-9H,15H2,1H3/t9-/m1/s1. The van der Waals surface area contributed by atoms with E-state index in [1.807, 2.05) is 13.0 Å². The van der Waals surface area contributed by atoms with Crippen LogP contribution < -0.4 is 10.5 Å². The number of halogens is 1. The molecule has 1 aromatic heterocycles. The first-order valence-electron chi connectivity index (χ1n) is 5.30. The molecule has 17 heavy (non-hydrogen) atoms. The van der Waals surface area contributed by atoms with Crippen molar-refractivity contribution in [2.24, 2.45) is 5.73 Å². The lowest BCUT2D eigenvalue weighted by Gasteiger charge is -2.08. The summed E-state index contributed by atoms with van der Waals surface area (Å²) in [5, 5.41) is 0. The zero-order valence-electron chi connectivity index (χ0n) is 9.43. The van der Waals surface area contributed by atoms with Gasteiger partial charge in [0, 0.05) is 24.4 Å². The fourth-order valence-corrected chi connectivity index (χ4v) is 1.42. The van der Waals surface area contributed by atoms with Gasteiger partial charge in [0.25, 0.3) is 0 Å². The van der Waals surface area contributed by atoms with Crippen molar-refractivity contribution in [1.82, 2.24) is 4.98 Å². The summed E-state index contributed by atoms with van der Waals surface area (Å²) >= 11 is 0. The largest absolute Gasteiger partial charge is 0.439 e. The second-order valence-corrected chi connectivity index (χ2v) is 3.78. The summed E-state index contributed by atoms with van der Waals surface area (Å²) < 4.78 is 18.4. The van der Waals surface area contributed by atoms with E-state index in [-0.39, 0.29) is 11.9 Å². The summed E-state index contributed by atoms with van der Waals surface area (Å²) in [5.41, 5.74) is 6.68.